The number of rotatable bonds is 3. The third-order valence-corrected chi connectivity index (χ3v) is 2.39. The molecule has 72 valence electrons. The van der Waals surface area contributed by atoms with Crippen LogP contribution in [0, 0.1) is 0 Å². The minimum atomic E-state index is -0.520. The zero-order valence-corrected chi connectivity index (χ0v) is 9.03. The number of aliphatic hydroxyl groups is 1. The third kappa shape index (κ3) is 2.76. The van der Waals surface area contributed by atoms with Gasteiger partial charge in [-0.15, -0.1) is 0 Å². The monoisotopic (exact) mass is 244 g/mol. The third-order valence-electron chi connectivity index (χ3n) is 1.92. The Morgan fingerprint density at radius 1 is 1.62 bits per heavy atom. The van der Waals surface area contributed by atoms with Crippen LogP contribution >= 0.6 is 15.9 Å². The van der Waals surface area contributed by atoms with Crippen LogP contribution in [-0.2, 0) is 0 Å². The van der Waals surface area contributed by atoms with Gasteiger partial charge >= 0.3 is 0 Å². The Morgan fingerprint density at radius 3 is 2.77 bits per heavy atom. The number of nitrogens with two attached hydrogens (primary N) is 1. The molecule has 1 aromatic heterocycles. The van der Waals surface area contributed by atoms with Gasteiger partial charge in [-0.2, -0.15) is 0 Å². The molecule has 0 saturated carbocycles. The van der Waals surface area contributed by atoms with Gasteiger partial charge in [-0.1, -0.05) is 6.92 Å². The summed E-state index contributed by atoms with van der Waals surface area (Å²) < 4.78 is 0.912. The van der Waals surface area contributed by atoms with Crippen LogP contribution in [0.3, 0.4) is 0 Å². The van der Waals surface area contributed by atoms with Gasteiger partial charge in [0, 0.05) is 10.7 Å². The van der Waals surface area contributed by atoms with E-state index in [-0.39, 0.29) is 0 Å². The maximum Gasteiger partial charge on any atom is 0.0745 e. The molecule has 0 spiro atoms. The summed E-state index contributed by atoms with van der Waals surface area (Å²) in [5, 5.41) is 9.47. The number of halogens is 1. The first-order chi connectivity index (χ1) is 6.15. The quantitative estimate of drug-likeness (QED) is 0.850. The van der Waals surface area contributed by atoms with Crippen LogP contribution in [0.1, 0.15) is 25.1 Å². The molecule has 0 aromatic carbocycles. The maximum atomic E-state index is 9.47. The average molecular weight is 245 g/mol. The Hall–Kier alpha value is -0.450. The van der Waals surface area contributed by atoms with Crippen LogP contribution in [0.5, 0.6) is 0 Å². The van der Waals surface area contributed by atoms with Gasteiger partial charge in [-0.3, -0.25) is 4.98 Å². The van der Waals surface area contributed by atoms with Crippen molar-refractivity contribution in [2.75, 3.05) is 0 Å². The number of nitrogens with zero attached hydrogens (tertiary/aromatic N) is 1. The van der Waals surface area contributed by atoms with Gasteiger partial charge in [0.25, 0.3) is 0 Å². The first-order valence-corrected chi connectivity index (χ1v) is 4.99. The standard InChI is InChI=1S/C9H13BrN2O/c1-2-8(13)9(11)7-4-3-6(10)5-12-7/h3-5,8-9,13H,2,11H2,1H3. The number of hydrogen-bond donors (Lipinski definition) is 2. The predicted octanol–water partition coefficient (Wildman–Crippen LogP) is 1.61. The molecule has 3 N–H and O–H groups in total. The van der Waals surface area contributed by atoms with E-state index in [0.717, 1.165) is 10.2 Å². The van der Waals surface area contributed by atoms with E-state index >= 15 is 0 Å². The highest BCUT2D eigenvalue weighted by Crippen LogP contribution is 2.16. The second kappa shape index (κ2) is 4.69. The zero-order valence-electron chi connectivity index (χ0n) is 7.44. The van der Waals surface area contributed by atoms with Gasteiger partial charge < -0.3 is 10.8 Å². The zero-order chi connectivity index (χ0) is 9.84. The molecule has 1 rings (SSSR count). The molecule has 0 bridgehead atoms. The van der Waals surface area contributed by atoms with Crippen molar-refractivity contribution in [2.24, 2.45) is 5.73 Å². The summed E-state index contributed by atoms with van der Waals surface area (Å²) in [5.41, 5.74) is 6.49. The maximum absolute atomic E-state index is 9.47. The minimum Gasteiger partial charge on any atom is -0.391 e. The smallest absolute Gasteiger partial charge is 0.0745 e. The molecule has 0 amide bonds. The van der Waals surface area contributed by atoms with Crippen molar-refractivity contribution < 1.29 is 5.11 Å². The summed E-state index contributed by atoms with van der Waals surface area (Å²) in [4.78, 5) is 4.12. The molecule has 0 aliphatic carbocycles. The lowest BCUT2D eigenvalue weighted by molar-refractivity contribution is 0.139. The summed E-state index contributed by atoms with van der Waals surface area (Å²) in [6.07, 6.45) is 1.80. The van der Waals surface area contributed by atoms with Crippen LogP contribution in [0.2, 0.25) is 0 Å². The van der Waals surface area contributed by atoms with Crippen molar-refractivity contribution >= 4 is 15.9 Å². The first kappa shape index (κ1) is 10.6. The van der Waals surface area contributed by atoms with Crippen LogP contribution < -0.4 is 5.73 Å². The van der Waals surface area contributed by atoms with E-state index in [9.17, 15) is 5.11 Å². The van der Waals surface area contributed by atoms with Crippen molar-refractivity contribution in [1.29, 1.82) is 0 Å². The van der Waals surface area contributed by atoms with Crippen LogP contribution in [0.25, 0.3) is 0 Å². The SMILES string of the molecule is CCC(O)C(N)c1ccc(Br)cn1. The second-order valence-electron chi connectivity index (χ2n) is 2.90. The molecule has 0 aliphatic heterocycles. The van der Waals surface area contributed by atoms with Crippen LogP contribution in [0.4, 0.5) is 0 Å². The van der Waals surface area contributed by atoms with Gasteiger partial charge in [-0.05, 0) is 34.5 Å². The van der Waals surface area contributed by atoms with E-state index in [1.807, 2.05) is 19.1 Å². The molecule has 2 atom stereocenters. The summed E-state index contributed by atoms with van der Waals surface area (Å²) in [6, 6.07) is 3.29. The van der Waals surface area contributed by atoms with Gasteiger partial charge in [-0.25, -0.2) is 0 Å². The van der Waals surface area contributed by atoms with Crippen molar-refractivity contribution in [3.8, 4) is 0 Å². The Labute approximate surface area is 86.1 Å². The van der Waals surface area contributed by atoms with E-state index in [2.05, 4.69) is 20.9 Å². The Bertz CT molecular complexity index is 263. The molecule has 1 aromatic rings. The lowest BCUT2D eigenvalue weighted by atomic mass is 10.1. The summed E-state index contributed by atoms with van der Waals surface area (Å²) in [5.74, 6) is 0. The number of aromatic nitrogens is 1. The lowest BCUT2D eigenvalue weighted by Gasteiger charge is -2.16. The number of hydrogen-bond acceptors (Lipinski definition) is 3. The first-order valence-electron chi connectivity index (χ1n) is 4.20. The molecule has 0 saturated heterocycles. The lowest BCUT2D eigenvalue weighted by Crippen LogP contribution is -2.26. The second-order valence-corrected chi connectivity index (χ2v) is 3.82. The summed E-state index contributed by atoms with van der Waals surface area (Å²) in [7, 11) is 0. The van der Waals surface area contributed by atoms with E-state index < -0.39 is 12.1 Å². The summed E-state index contributed by atoms with van der Waals surface area (Å²) in [6.45, 7) is 1.89. The van der Waals surface area contributed by atoms with Crippen LogP contribution in [-0.4, -0.2) is 16.2 Å². The van der Waals surface area contributed by atoms with E-state index in [4.69, 9.17) is 5.73 Å². The summed E-state index contributed by atoms with van der Waals surface area (Å²) >= 11 is 3.28. The fourth-order valence-electron chi connectivity index (χ4n) is 1.04. The Kier molecular flexibility index (Phi) is 3.84. The topological polar surface area (TPSA) is 59.1 Å². The van der Waals surface area contributed by atoms with Gasteiger partial charge in [0.15, 0.2) is 0 Å². The van der Waals surface area contributed by atoms with Gasteiger partial charge in [0.2, 0.25) is 0 Å². The van der Waals surface area contributed by atoms with E-state index in [0.29, 0.717) is 6.42 Å². The van der Waals surface area contributed by atoms with Crippen LogP contribution in [0.15, 0.2) is 22.8 Å². The molecular weight excluding hydrogens is 232 g/mol. The van der Waals surface area contributed by atoms with Crippen molar-refractivity contribution in [3.05, 3.63) is 28.5 Å². The normalized spacial score (nSPS) is 15.4. The highest BCUT2D eigenvalue weighted by atomic mass is 79.9. The number of aliphatic hydroxyl groups excluding tert-OH is 1. The van der Waals surface area contributed by atoms with Gasteiger partial charge in [0.05, 0.1) is 17.8 Å². The fraction of sp³-hybridized carbons (Fsp3) is 0.444. The minimum absolute atomic E-state index is 0.391. The van der Waals surface area contributed by atoms with Crippen molar-refractivity contribution in [1.82, 2.24) is 4.98 Å². The molecule has 13 heavy (non-hydrogen) atoms. The van der Waals surface area contributed by atoms with Crippen molar-refractivity contribution in [3.63, 3.8) is 0 Å². The molecule has 4 heteroatoms. The predicted molar refractivity (Wildman–Crippen MR) is 55.2 cm³/mol. The molecule has 3 nitrogen and oxygen atoms in total. The molecule has 2 unspecified atom stereocenters. The highest BCUT2D eigenvalue weighted by Gasteiger charge is 2.15. The molecule has 0 radical (unpaired) electrons. The Balaban J connectivity index is 2.77. The van der Waals surface area contributed by atoms with Crippen molar-refractivity contribution in [2.45, 2.75) is 25.5 Å². The molecular formula is C9H13BrN2O. The average Bonchev–Trinajstić information content (AvgIpc) is 2.17. The van der Waals surface area contributed by atoms with Gasteiger partial charge in [0.1, 0.15) is 0 Å². The largest absolute Gasteiger partial charge is 0.391 e. The molecule has 0 aliphatic rings. The van der Waals surface area contributed by atoms with E-state index in [1.54, 1.807) is 6.20 Å². The number of pyridine rings is 1. The molecule has 1 heterocycles. The fourth-order valence-corrected chi connectivity index (χ4v) is 1.27. The van der Waals surface area contributed by atoms with E-state index in [1.165, 1.54) is 0 Å². The highest BCUT2D eigenvalue weighted by molar-refractivity contribution is 9.10. The Morgan fingerprint density at radius 2 is 2.31 bits per heavy atom. The molecule has 0 fully saturated rings.